The standard InChI is InChI=1S/C15H12O3/c1-18-14-11-5-3-2-4-10(11)13-8-9(15(16)17)6-7-12(13)14/h2-8,14H,1H3,(H,16,17). The van der Waals surface area contributed by atoms with Crippen molar-refractivity contribution < 1.29 is 14.6 Å². The Balaban J connectivity index is 2.25. The number of benzene rings is 2. The zero-order chi connectivity index (χ0) is 12.7. The maximum atomic E-state index is 11.0. The third-order valence-corrected chi connectivity index (χ3v) is 3.35. The van der Waals surface area contributed by atoms with Gasteiger partial charge in [0, 0.05) is 7.11 Å². The van der Waals surface area contributed by atoms with E-state index in [1.54, 1.807) is 19.2 Å². The fourth-order valence-corrected chi connectivity index (χ4v) is 2.54. The molecule has 0 radical (unpaired) electrons. The van der Waals surface area contributed by atoms with Gasteiger partial charge in [0.05, 0.1) is 5.56 Å². The van der Waals surface area contributed by atoms with E-state index in [-0.39, 0.29) is 6.10 Å². The Morgan fingerprint density at radius 2 is 1.83 bits per heavy atom. The van der Waals surface area contributed by atoms with Gasteiger partial charge in [-0.2, -0.15) is 0 Å². The highest BCUT2D eigenvalue weighted by Gasteiger charge is 2.28. The SMILES string of the molecule is COC1c2ccccc2-c2cc(C(=O)O)ccc21. The third kappa shape index (κ3) is 1.45. The summed E-state index contributed by atoms with van der Waals surface area (Å²) in [6.07, 6.45) is -0.0981. The summed E-state index contributed by atoms with van der Waals surface area (Å²) in [6.45, 7) is 0. The quantitative estimate of drug-likeness (QED) is 0.877. The lowest BCUT2D eigenvalue weighted by molar-refractivity contribution is 0.0697. The van der Waals surface area contributed by atoms with E-state index in [1.807, 2.05) is 30.3 Å². The second-order valence-electron chi connectivity index (χ2n) is 4.31. The fourth-order valence-electron chi connectivity index (χ4n) is 2.54. The van der Waals surface area contributed by atoms with Crippen LogP contribution in [0.25, 0.3) is 11.1 Å². The first-order valence-corrected chi connectivity index (χ1v) is 5.71. The molecular formula is C15H12O3. The summed E-state index contributed by atoms with van der Waals surface area (Å²) in [5, 5.41) is 9.06. The molecule has 0 heterocycles. The lowest BCUT2D eigenvalue weighted by atomic mass is 10.0. The molecule has 0 saturated carbocycles. The fraction of sp³-hybridized carbons (Fsp3) is 0.133. The van der Waals surface area contributed by atoms with Crippen molar-refractivity contribution >= 4 is 5.97 Å². The molecule has 0 spiro atoms. The van der Waals surface area contributed by atoms with Gasteiger partial charge in [0.2, 0.25) is 0 Å². The predicted molar refractivity (Wildman–Crippen MR) is 67.7 cm³/mol. The van der Waals surface area contributed by atoms with Crippen molar-refractivity contribution in [1.29, 1.82) is 0 Å². The number of hydrogen-bond acceptors (Lipinski definition) is 2. The molecule has 18 heavy (non-hydrogen) atoms. The minimum Gasteiger partial charge on any atom is -0.478 e. The number of aromatic carboxylic acids is 1. The monoisotopic (exact) mass is 240 g/mol. The van der Waals surface area contributed by atoms with Crippen molar-refractivity contribution in [3.05, 3.63) is 59.2 Å². The number of carboxylic acid groups (broad SMARTS) is 1. The Morgan fingerprint density at radius 1 is 1.11 bits per heavy atom. The van der Waals surface area contributed by atoms with E-state index in [9.17, 15) is 4.79 Å². The number of rotatable bonds is 2. The van der Waals surface area contributed by atoms with Gasteiger partial charge in [0.1, 0.15) is 6.10 Å². The first kappa shape index (κ1) is 11.0. The average molecular weight is 240 g/mol. The summed E-state index contributed by atoms with van der Waals surface area (Å²) in [5.41, 5.74) is 4.45. The van der Waals surface area contributed by atoms with Crippen molar-refractivity contribution in [2.24, 2.45) is 0 Å². The molecule has 2 aromatic carbocycles. The van der Waals surface area contributed by atoms with Gasteiger partial charge in [-0.25, -0.2) is 4.79 Å². The van der Waals surface area contributed by atoms with Crippen LogP contribution in [0.3, 0.4) is 0 Å². The van der Waals surface area contributed by atoms with Crippen molar-refractivity contribution in [2.45, 2.75) is 6.10 Å². The van der Waals surface area contributed by atoms with Gasteiger partial charge < -0.3 is 9.84 Å². The van der Waals surface area contributed by atoms with Crippen LogP contribution < -0.4 is 0 Å². The zero-order valence-corrected chi connectivity index (χ0v) is 9.88. The van der Waals surface area contributed by atoms with E-state index in [4.69, 9.17) is 9.84 Å². The molecule has 0 bridgehead atoms. The van der Waals surface area contributed by atoms with Crippen molar-refractivity contribution in [3.63, 3.8) is 0 Å². The highest BCUT2D eigenvalue weighted by molar-refractivity contribution is 5.91. The minimum atomic E-state index is -0.906. The molecule has 90 valence electrons. The highest BCUT2D eigenvalue weighted by atomic mass is 16.5. The smallest absolute Gasteiger partial charge is 0.335 e. The Kier molecular flexibility index (Phi) is 2.42. The molecule has 0 aromatic heterocycles. The largest absolute Gasteiger partial charge is 0.478 e. The number of hydrogen-bond donors (Lipinski definition) is 1. The van der Waals surface area contributed by atoms with E-state index in [0.717, 1.165) is 22.3 Å². The zero-order valence-electron chi connectivity index (χ0n) is 9.88. The van der Waals surface area contributed by atoms with E-state index < -0.39 is 5.97 Å². The molecule has 1 atom stereocenters. The normalized spacial score (nSPS) is 16.2. The maximum Gasteiger partial charge on any atom is 0.335 e. The summed E-state index contributed by atoms with van der Waals surface area (Å²) in [5.74, 6) is -0.906. The lowest BCUT2D eigenvalue weighted by Crippen LogP contribution is -2.00. The molecule has 0 amide bonds. The highest BCUT2D eigenvalue weighted by Crippen LogP contribution is 2.45. The van der Waals surface area contributed by atoms with Gasteiger partial charge in [-0.3, -0.25) is 0 Å². The summed E-state index contributed by atoms with van der Waals surface area (Å²) < 4.78 is 5.52. The minimum absolute atomic E-state index is 0.0981. The van der Waals surface area contributed by atoms with Crippen molar-refractivity contribution in [1.82, 2.24) is 0 Å². The van der Waals surface area contributed by atoms with Gasteiger partial charge in [0.15, 0.2) is 0 Å². The van der Waals surface area contributed by atoms with Gasteiger partial charge in [0.25, 0.3) is 0 Å². The molecule has 3 nitrogen and oxygen atoms in total. The van der Waals surface area contributed by atoms with E-state index in [0.29, 0.717) is 5.56 Å². The summed E-state index contributed by atoms with van der Waals surface area (Å²) >= 11 is 0. The maximum absolute atomic E-state index is 11.0. The van der Waals surface area contributed by atoms with Crippen LogP contribution in [0, 0.1) is 0 Å². The first-order chi connectivity index (χ1) is 8.72. The van der Waals surface area contributed by atoms with E-state index >= 15 is 0 Å². The number of ether oxygens (including phenoxy) is 1. The van der Waals surface area contributed by atoms with Crippen LogP contribution in [-0.4, -0.2) is 18.2 Å². The summed E-state index contributed by atoms with van der Waals surface area (Å²) in [4.78, 5) is 11.0. The topological polar surface area (TPSA) is 46.5 Å². The number of carboxylic acids is 1. The second-order valence-corrected chi connectivity index (χ2v) is 4.31. The molecule has 1 aliphatic carbocycles. The lowest BCUT2D eigenvalue weighted by Gasteiger charge is -2.10. The predicted octanol–water partition coefficient (Wildman–Crippen LogP) is 3.10. The summed E-state index contributed by atoms with van der Waals surface area (Å²) in [6, 6.07) is 13.1. The van der Waals surface area contributed by atoms with Crippen LogP contribution >= 0.6 is 0 Å². The van der Waals surface area contributed by atoms with Crippen LogP contribution in [0.1, 0.15) is 27.6 Å². The first-order valence-electron chi connectivity index (χ1n) is 5.71. The molecular weight excluding hydrogens is 228 g/mol. The van der Waals surface area contributed by atoms with E-state index in [2.05, 4.69) is 0 Å². The number of methoxy groups -OCH3 is 1. The van der Waals surface area contributed by atoms with Crippen LogP contribution in [0.2, 0.25) is 0 Å². The molecule has 1 N–H and O–H groups in total. The van der Waals surface area contributed by atoms with Crippen LogP contribution in [0.5, 0.6) is 0 Å². The van der Waals surface area contributed by atoms with Crippen LogP contribution in [-0.2, 0) is 4.74 Å². The Hall–Kier alpha value is -2.13. The molecule has 2 aromatic rings. The van der Waals surface area contributed by atoms with Crippen LogP contribution in [0.4, 0.5) is 0 Å². The Morgan fingerprint density at radius 3 is 2.56 bits per heavy atom. The molecule has 1 unspecified atom stereocenters. The Bertz CT molecular complexity index is 631. The molecule has 1 aliphatic rings. The molecule has 0 saturated heterocycles. The van der Waals surface area contributed by atoms with Crippen LogP contribution in [0.15, 0.2) is 42.5 Å². The summed E-state index contributed by atoms with van der Waals surface area (Å²) in [7, 11) is 1.67. The van der Waals surface area contributed by atoms with Gasteiger partial charge in [-0.05, 0) is 34.4 Å². The van der Waals surface area contributed by atoms with Crippen molar-refractivity contribution in [2.75, 3.05) is 7.11 Å². The van der Waals surface area contributed by atoms with Gasteiger partial charge in [-0.15, -0.1) is 0 Å². The number of fused-ring (bicyclic) bond motifs is 3. The average Bonchev–Trinajstić information content (AvgIpc) is 2.71. The third-order valence-electron chi connectivity index (χ3n) is 3.35. The van der Waals surface area contributed by atoms with E-state index in [1.165, 1.54) is 0 Å². The Labute approximate surface area is 105 Å². The molecule has 3 heteroatoms. The molecule has 0 fully saturated rings. The van der Waals surface area contributed by atoms with Gasteiger partial charge in [-0.1, -0.05) is 30.3 Å². The second kappa shape index (κ2) is 3.96. The van der Waals surface area contributed by atoms with Crippen molar-refractivity contribution in [3.8, 4) is 11.1 Å². The molecule has 3 rings (SSSR count). The van der Waals surface area contributed by atoms with Gasteiger partial charge >= 0.3 is 5.97 Å². The molecule has 0 aliphatic heterocycles. The number of carbonyl (C=O) groups is 1.